The summed E-state index contributed by atoms with van der Waals surface area (Å²) in [7, 11) is 2.82. The number of carbonyl (C=O) groups is 1. The average Bonchev–Trinajstić information content (AvgIpc) is 3.16. The molecule has 1 atom stereocenters. The molecule has 2 heterocycles. The van der Waals surface area contributed by atoms with Gasteiger partial charge in [0, 0.05) is 7.11 Å². The number of hydrogen-bond acceptors (Lipinski definition) is 8. The van der Waals surface area contributed by atoms with Crippen molar-refractivity contribution in [1.29, 1.82) is 0 Å². The molecule has 30 heavy (non-hydrogen) atoms. The van der Waals surface area contributed by atoms with Crippen LogP contribution in [0.2, 0.25) is 0 Å². The van der Waals surface area contributed by atoms with Crippen molar-refractivity contribution in [2.24, 2.45) is 0 Å². The molecule has 0 spiro atoms. The van der Waals surface area contributed by atoms with Crippen molar-refractivity contribution in [3.63, 3.8) is 0 Å². The predicted octanol–water partition coefficient (Wildman–Crippen LogP) is 2.67. The molecule has 1 unspecified atom stereocenters. The Balaban J connectivity index is 1.92. The van der Waals surface area contributed by atoms with Crippen LogP contribution in [0, 0.1) is 0 Å². The number of unbranched alkanes of at least 4 members (excludes halogenated alkanes) is 1. The van der Waals surface area contributed by atoms with Crippen molar-refractivity contribution < 1.29 is 19.0 Å². The molecular weight excluding hydrogens is 386 g/mol. The van der Waals surface area contributed by atoms with Crippen molar-refractivity contribution in [1.82, 2.24) is 19.5 Å². The average molecular weight is 413 g/mol. The summed E-state index contributed by atoms with van der Waals surface area (Å²) < 4.78 is 17.9. The smallest absolute Gasteiger partial charge is 0.342 e. The van der Waals surface area contributed by atoms with Crippen molar-refractivity contribution in [3.8, 4) is 6.01 Å². The molecule has 2 aromatic heterocycles. The minimum absolute atomic E-state index is 0.238. The number of carbonyl (C=O) groups excluding carboxylic acids is 1. The van der Waals surface area contributed by atoms with Gasteiger partial charge >= 0.3 is 12.0 Å². The van der Waals surface area contributed by atoms with Gasteiger partial charge in [0.1, 0.15) is 0 Å². The van der Waals surface area contributed by atoms with Crippen LogP contribution >= 0.6 is 0 Å². The van der Waals surface area contributed by atoms with E-state index in [0.29, 0.717) is 29.9 Å². The number of methoxy groups -OCH3 is 2. The van der Waals surface area contributed by atoms with Crippen LogP contribution in [0.1, 0.15) is 37.8 Å². The first-order valence-corrected chi connectivity index (χ1v) is 9.77. The van der Waals surface area contributed by atoms with E-state index in [9.17, 15) is 4.79 Å². The van der Waals surface area contributed by atoms with Gasteiger partial charge < -0.3 is 24.5 Å². The van der Waals surface area contributed by atoms with Gasteiger partial charge in [-0.05, 0) is 24.5 Å². The highest BCUT2D eigenvalue weighted by Gasteiger charge is 2.36. The Kier molecular flexibility index (Phi) is 6.51. The molecule has 3 aromatic rings. The second-order valence-corrected chi connectivity index (χ2v) is 7.07. The summed E-state index contributed by atoms with van der Waals surface area (Å²) in [5.41, 5.74) is 7.57. The molecule has 0 radical (unpaired) electrons. The first-order valence-electron chi connectivity index (χ1n) is 9.77. The lowest BCUT2D eigenvalue weighted by molar-refractivity contribution is -0.165. The lowest BCUT2D eigenvalue weighted by Crippen LogP contribution is -2.35. The standard InChI is InChI=1S/C21H27N5O4/c1-5-6-10-30-20-24-17(22)16-18(25-20)26(13-23-16)12-14-8-7-9-15(11-14)21(2,29-4)19(27)28-3/h7-9,11,13H,5-6,10,12H2,1-4H3,(H2,22,24,25). The summed E-state index contributed by atoms with van der Waals surface area (Å²) in [6.07, 6.45) is 3.58. The van der Waals surface area contributed by atoms with Crippen LogP contribution in [-0.4, -0.2) is 46.3 Å². The Hall–Kier alpha value is -3.20. The van der Waals surface area contributed by atoms with Crippen LogP contribution in [0.3, 0.4) is 0 Å². The molecule has 0 fully saturated rings. The van der Waals surface area contributed by atoms with Gasteiger partial charge in [-0.25, -0.2) is 9.78 Å². The van der Waals surface area contributed by atoms with Crippen LogP contribution in [0.25, 0.3) is 11.2 Å². The SMILES string of the molecule is CCCCOc1nc(N)c2ncn(Cc3cccc(C(C)(OC)C(=O)OC)c3)c2n1. The molecule has 9 heteroatoms. The molecule has 0 aliphatic carbocycles. The van der Waals surface area contributed by atoms with Gasteiger partial charge in [-0.2, -0.15) is 9.97 Å². The van der Waals surface area contributed by atoms with Gasteiger partial charge in [-0.15, -0.1) is 0 Å². The second-order valence-electron chi connectivity index (χ2n) is 7.07. The maximum absolute atomic E-state index is 12.2. The minimum Gasteiger partial charge on any atom is -0.467 e. The monoisotopic (exact) mass is 413 g/mol. The third-order valence-electron chi connectivity index (χ3n) is 5.01. The number of aromatic nitrogens is 4. The molecule has 0 aliphatic heterocycles. The number of nitrogen functional groups attached to an aromatic ring is 1. The zero-order valence-electron chi connectivity index (χ0n) is 17.7. The van der Waals surface area contributed by atoms with Gasteiger partial charge in [-0.1, -0.05) is 37.6 Å². The number of hydrogen-bond donors (Lipinski definition) is 1. The Labute approximate surface area is 175 Å². The fourth-order valence-electron chi connectivity index (χ4n) is 3.11. The Morgan fingerprint density at radius 3 is 2.77 bits per heavy atom. The molecular formula is C21H27N5O4. The van der Waals surface area contributed by atoms with Gasteiger partial charge in [0.2, 0.25) is 0 Å². The minimum atomic E-state index is -1.20. The van der Waals surface area contributed by atoms with Crippen LogP contribution in [0.4, 0.5) is 5.82 Å². The van der Waals surface area contributed by atoms with Crippen LogP contribution in [0.15, 0.2) is 30.6 Å². The molecule has 160 valence electrons. The van der Waals surface area contributed by atoms with E-state index in [2.05, 4.69) is 21.9 Å². The van der Waals surface area contributed by atoms with E-state index in [0.717, 1.165) is 18.4 Å². The third-order valence-corrected chi connectivity index (χ3v) is 5.01. The molecule has 1 aromatic carbocycles. The zero-order valence-corrected chi connectivity index (χ0v) is 17.7. The lowest BCUT2D eigenvalue weighted by Gasteiger charge is -2.26. The molecule has 3 rings (SSSR count). The van der Waals surface area contributed by atoms with Crippen molar-refractivity contribution >= 4 is 23.0 Å². The lowest BCUT2D eigenvalue weighted by atomic mass is 9.94. The molecule has 0 bridgehead atoms. The van der Waals surface area contributed by atoms with Gasteiger partial charge in [0.05, 0.1) is 26.6 Å². The first kappa shape index (κ1) is 21.5. The summed E-state index contributed by atoms with van der Waals surface area (Å²) in [6, 6.07) is 7.78. The van der Waals surface area contributed by atoms with Gasteiger partial charge in [-0.3, -0.25) is 0 Å². The molecule has 0 saturated heterocycles. The summed E-state index contributed by atoms with van der Waals surface area (Å²) in [6.45, 7) is 4.76. The highest BCUT2D eigenvalue weighted by Crippen LogP contribution is 2.28. The number of nitrogens with zero attached hydrogens (tertiary/aromatic N) is 4. The first-order chi connectivity index (χ1) is 14.4. The number of ether oxygens (including phenoxy) is 3. The summed E-state index contributed by atoms with van der Waals surface area (Å²) in [4.78, 5) is 25.2. The number of rotatable bonds is 9. The van der Waals surface area contributed by atoms with Crippen molar-refractivity contribution in [2.75, 3.05) is 26.6 Å². The van der Waals surface area contributed by atoms with E-state index in [1.54, 1.807) is 13.3 Å². The Morgan fingerprint density at radius 2 is 2.07 bits per heavy atom. The molecule has 2 N–H and O–H groups in total. The highest BCUT2D eigenvalue weighted by atomic mass is 16.6. The highest BCUT2D eigenvalue weighted by molar-refractivity contribution is 5.82. The fraction of sp³-hybridized carbons (Fsp3) is 0.429. The summed E-state index contributed by atoms with van der Waals surface area (Å²) in [5.74, 6) is -0.193. The van der Waals surface area contributed by atoms with E-state index in [-0.39, 0.29) is 11.8 Å². The van der Waals surface area contributed by atoms with Gasteiger partial charge in [0.25, 0.3) is 0 Å². The second kappa shape index (κ2) is 9.08. The number of nitrogens with two attached hydrogens (primary N) is 1. The number of fused-ring (bicyclic) bond motifs is 1. The third kappa shape index (κ3) is 4.20. The quantitative estimate of drug-likeness (QED) is 0.421. The van der Waals surface area contributed by atoms with E-state index < -0.39 is 11.6 Å². The normalized spacial score (nSPS) is 13.2. The number of imidazole rings is 1. The maximum Gasteiger partial charge on any atom is 0.342 e. The van der Waals surface area contributed by atoms with Crippen molar-refractivity contribution in [2.45, 2.75) is 38.8 Å². The van der Waals surface area contributed by atoms with Crippen LogP contribution in [-0.2, 0) is 26.4 Å². The molecule has 0 saturated carbocycles. The molecule has 0 amide bonds. The summed E-state index contributed by atoms with van der Waals surface area (Å²) >= 11 is 0. The Morgan fingerprint density at radius 1 is 1.27 bits per heavy atom. The van der Waals surface area contributed by atoms with E-state index in [4.69, 9.17) is 19.9 Å². The maximum atomic E-state index is 12.2. The van der Waals surface area contributed by atoms with Crippen LogP contribution in [0.5, 0.6) is 6.01 Å². The summed E-state index contributed by atoms with van der Waals surface area (Å²) in [5, 5.41) is 0. The van der Waals surface area contributed by atoms with Crippen molar-refractivity contribution in [3.05, 3.63) is 41.7 Å². The Bertz CT molecular complexity index is 1040. The number of esters is 1. The number of benzene rings is 1. The van der Waals surface area contributed by atoms with E-state index in [1.165, 1.54) is 14.2 Å². The van der Waals surface area contributed by atoms with Crippen LogP contribution < -0.4 is 10.5 Å². The number of anilines is 1. The van der Waals surface area contributed by atoms with E-state index in [1.807, 2.05) is 28.8 Å². The van der Waals surface area contributed by atoms with E-state index >= 15 is 0 Å². The molecule has 9 nitrogen and oxygen atoms in total. The van der Waals surface area contributed by atoms with Gasteiger partial charge in [0.15, 0.2) is 22.6 Å². The zero-order chi connectivity index (χ0) is 21.7. The fourth-order valence-corrected chi connectivity index (χ4v) is 3.11. The topological polar surface area (TPSA) is 114 Å². The molecule has 0 aliphatic rings. The largest absolute Gasteiger partial charge is 0.467 e. The predicted molar refractivity (Wildman–Crippen MR) is 112 cm³/mol.